The van der Waals surface area contributed by atoms with Crippen molar-refractivity contribution in [2.24, 2.45) is 0 Å². The third-order valence-electron chi connectivity index (χ3n) is 4.88. The molecule has 3 aromatic rings. The smallest absolute Gasteiger partial charge is 0.256 e. The molecule has 27 heavy (non-hydrogen) atoms. The van der Waals surface area contributed by atoms with Gasteiger partial charge in [-0.3, -0.25) is 4.79 Å². The second kappa shape index (κ2) is 7.46. The van der Waals surface area contributed by atoms with Gasteiger partial charge >= 0.3 is 0 Å². The third-order valence-corrected chi connectivity index (χ3v) is 4.88. The maximum Gasteiger partial charge on any atom is 0.256 e. The van der Waals surface area contributed by atoms with Crippen molar-refractivity contribution in [3.8, 4) is 6.07 Å². The molecule has 0 saturated carbocycles. The monoisotopic (exact) mass is 361 g/mol. The van der Waals surface area contributed by atoms with Crippen LogP contribution in [0.25, 0.3) is 0 Å². The third kappa shape index (κ3) is 3.47. The first-order valence-corrected chi connectivity index (χ1v) is 8.67. The van der Waals surface area contributed by atoms with E-state index in [4.69, 9.17) is 0 Å². The Bertz CT molecular complexity index is 1010. The first-order chi connectivity index (χ1) is 12.9. The number of benzene rings is 2. The number of nitriles is 1. The molecule has 1 amide bonds. The summed E-state index contributed by atoms with van der Waals surface area (Å²) in [7, 11) is 0. The van der Waals surface area contributed by atoms with Crippen LogP contribution in [0, 0.1) is 31.0 Å². The molecule has 0 aliphatic carbocycles. The number of halogens is 1. The molecule has 136 valence electrons. The van der Waals surface area contributed by atoms with Crippen LogP contribution in [0.3, 0.4) is 0 Å². The van der Waals surface area contributed by atoms with Crippen molar-refractivity contribution in [3.05, 3.63) is 88.4 Å². The summed E-state index contributed by atoms with van der Waals surface area (Å²) in [5, 5.41) is 12.5. The first-order valence-electron chi connectivity index (χ1n) is 8.67. The Hall–Kier alpha value is -3.39. The predicted molar refractivity (Wildman–Crippen MR) is 103 cm³/mol. The van der Waals surface area contributed by atoms with E-state index in [0.717, 1.165) is 16.8 Å². The van der Waals surface area contributed by atoms with E-state index < -0.39 is 5.82 Å². The van der Waals surface area contributed by atoms with Crippen LogP contribution >= 0.6 is 0 Å². The summed E-state index contributed by atoms with van der Waals surface area (Å²) >= 11 is 0. The fourth-order valence-electron chi connectivity index (χ4n) is 3.23. The van der Waals surface area contributed by atoms with Crippen molar-refractivity contribution in [2.75, 3.05) is 5.32 Å². The molecule has 3 rings (SSSR count). The molecule has 1 atom stereocenters. The summed E-state index contributed by atoms with van der Waals surface area (Å²) < 4.78 is 15.1. The maximum absolute atomic E-state index is 13.1. The van der Waals surface area contributed by atoms with E-state index in [9.17, 15) is 14.4 Å². The van der Waals surface area contributed by atoms with Gasteiger partial charge in [0.15, 0.2) is 0 Å². The van der Waals surface area contributed by atoms with Gasteiger partial charge in [0, 0.05) is 11.3 Å². The average molecular weight is 361 g/mol. The lowest BCUT2D eigenvalue weighted by atomic mass is 10.1. The first kappa shape index (κ1) is 18.4. The molecule has 0 spiro atoms. The van der Waals surface area contributed by atoms with Gasteiger partial charge in [0.25, 0.3) is 5.91 Å². The molecule has 0 aliphatic rings. The molecular formula is C22H20FN3O. The maximum atomic E-state index is 13.1. The minimum atomic E-state index is -0.406. The fraction of sp³-hybridized carbons (Fsp3) is 0.182. The van der Waals surface area contributed by atoms with Gasteiger partial charge in [-0.2, -0.15) is 5.26 Å². The Morgan fingerprint density at radius 1 is 1.11 bits per heavy atom. The van der Waals surface area contributed by atoms with Crippen LogP contribution in [0.15, 0.2) is 54.6 Å². The van der Waals surface area contributed by atoms with Crippen LogP contribution in [0.4, 0.5) is 10.2 Å². The van der Waals surface area contributed by atoms with E-state index in [0.29, 0.717) is 16.9 Å². The van der Waals surface area contributed by atoms with Gasteiger partial charge in [0.05, 0.1) is 11.6 Å². The Balaban J connectivity index is 2.06. The summed E-state index contributed by atoms with van der Waals surface area (Å²) in [5.74, 6) is -0.333. The van der Waals surface area contributed by atoms with Crippen molar-refractivity contribution in [2.45, 2.75) is 26.8 Å². The van der Waals surface area contributed by atoms with Crippen LogP contribution in [-0.2, 0) is 0 Å². The highest BCUT2D eigenvalue weighted by Crippen LogP contribution is 2.33. The number of rotatable bonds is 4. The van der Waals surface area contributed by atoms with Crippen LogP contribution < -0.4 is 5.32 Å². The molecule has 2 aromatic carbocycles. The van der Waals surface area contributed by atoms with Gasteiger partial charge in [-0.1, -0.05) is 30.3 Å². The second-order valence-corrected chi connectivity index (χ2v) is 6.46. The largest absolute Gasteiger partial charge is 0.323 e. The van der Waals surface area contributed by atoms with Gasteiger partial charge < -0.3 is 9.88 Å². The van der Waals surface area contributed by atoms with E-state index in [1.165, 1.54) is 24.3 Å². The van der Waals surface area contributed by atoms with E-state index in [2.05, 4.69) is 11.4 Å². The van der Waals surface area contributed by atoms with Crippen molar-refractivity contribution < 1.29 is 9.18 Å². The van der Waals surface area contributed by atoms with Crippen LogP contribution in [0.2, 0.25) is 0 Å². The van der Waals surface area contributed by atoms with Gasteiger partial charge in [0.1, 0.15) is 17.7 Å². The number of anilines is 1. The Labute approximate surface area is 157 Å². The summed E-state index contributed by atoms with van der Waals surface area (Å²) in [6.07, 6.45) is 0. The number of amides is 1. The van der Waals surface area contributed by atoms with Crippen molar-refractivity contribution in [3.63, 3.8) is 0 Å². The van der Waals surface area contributed by atoms with E-state index in [1.807, 2.05) is 55.7 Å². The zero-order valence-electron chi connectivity index (χ0n) is 15.5. The molecule has 1 heterocycles. The number of nitrogens with zero attached hydrogens (tertiary/aromatic N) is 2. The topological polar surface area (TPSA) is 57.8 Å². The fourth-order valence-corrected chi connectivity index (χ4v) is 3.23. The summed E-state index contributed by atoms with van der Waals surface area (Å²) in [6, 6.07) is 17.3. The normalized spacial score (nSPS) is 11.7. The minimum absolute atomic E-state index is 0.0736. The number of aromatic nitrogens is 1. The molecule has 0 fully saturated rings. The number of carbonyl (C=O) groups excluding carboxylic acids is 1. The predicted octanol–water partition coefficient (Wildman–Crippen LogP) is 4.98. The number of carbonyl (C=O) groups is 1. The van der Waals surface area contributed by atoms with Crippen molar-refractivity contribution >= 4 is 11.7 Å². The summed E-state index contributed by atoms with van der Waals surface area (Å²) in [4.78, 5) is 12.7. The van der Waals surface area contributed by atoms with Gasteiger partial charge in [0.2, 0.25) is 0 Å². The zero-order valence-corrected chi connectivity index (χ0v) is 15.5. The lowest BCUT2D eigenvalue weighted by Gasteiger charge is -2.20. The van der Waals surface area contributed by atoms with Crippen molar-refractivity contribution in [1.29, 1.82) is 5.26 Å². The summed E-state index contributed by atoms with van der Waals surface area (Å²) in [6.45, 7) is 5.83. The molecule has 0 saturated heterocycles. The van der Waals surface area contributed by atoms with Crippen molar-refractivity contribution in [1.82, 2.24) is 4.57 Å². The van der Waals surface area contributed by atoms with Crippen LogP contribution in [0.5, 0.6) is 0 Å². The summed E-state index contributed by atoms with van der Waals surface area (Å²) in [5.41, 5.74) is 3.57. The molecule has 5 heteroatoms. The molecule has 0 radical (unpaired) electrons. The van der Waals surface area contributed by atoms with Gasteiger partial charge in [-0.25, -0.2) is 4.39 Å². The molecule has 1 aromatic heterocycles. The molecule has 0 bridgehead atoms. The average Bonchev–Trinajstić information content (AvgIpc) is 2.92. The highest BCUT2D eigenvalue weighted by Gasteiger charge is 2.23. The number of nitrogens with one attached hydrogen (secondary N) is 1. The standard InChI is InChI=1S/C22H20FN3O/c1-14-15(2)26(16(3)17-7-5-4-6-8-17)21(20(14)13-24)25-22(27)18-9-11-19(23)12-10-18/h4-12,16H,1-3H3,(H,25,27). The SMILES string of the molecule is Cc1c(C#N)c(NC(=O)c2ccc(F)cc2)n(C(C)c2ccccc2)c1C. The number of hydrogen-bond donors (Lipinski definition) is 1. The highest BCUT2D eigenvalue weighted by atomic mass is 19.1. The minimum Gasteiger partial charge on any atom is -0.323 e. The number of hydrogen-bond acceptors (Lipinski definition) is 2. The molecule has 1 unspecified atom stereocenters. The van der Waals surface area contributed by atoms with Crippen LogP contribution in [-0.4, -0.2) is 10.5 Å². The zero-order chi connectivity index (χ0) is 19.6. The van der Waals surface area contributed by atoms with Gasteiger partial charge in [-0.15, -0.1) is 0 Å². The molecular weight excluding hydrogens is 341 g/mol. The van der Waals surface area contributed by atoms with Gasteiger partial charge in [-0.05, 0) is 56.2 Å². The van der Waals surface area contributed by atoms with E-state index in [-0.39, 0.29) is 11.9 Å². The second-order valence-electron chi connectivity index (χ2n) is 6.46. The molecule has 4 nitrogen and oxygen atoms in total. The van der Waals surface area contributed by atoms with Crippen LogP contribution in [0.1, 0.15) is 45.7 Å². The lowest BCUT2D eigenvalue weighted by Crippen LogP contribution is -2.18. The quantitative estimate of drug-likeness (QED) is 0.713. The van der Waals surface area contributed by atoms with E-state index >= 15 is 0 Å². The molecule has 1 N–H and O–H groups in total. The highest BCUT2D eigenvalue weighted by molar-refractivity contribution is 6.04. The Morgan fingerprint density at radius 2 is 1.74 bits per heavy atom. The Morgan fingerprint density at radius 3 is 2.33 bits per heavy atom. The van der Waals surface area contributed by atoms with E-state index in [1.54, 1.807) is 0 Å². The Kier molecular flexibility index (Phi) is 5.09. The lowest BCUT2D eigenvalue weighted by molar-refractivity contribution is 0.102. The molecule has 0 aliphatic heterocycles.